The van der Waals surface area contributed by atoms with Gasteiger partial charge < -0.3 is 10.1 Å². The molecule has 0 spiro atoms. The van der Waals surface area contributed by atoms with Crippen LogP contribution < -0.4 is 10.1 Å². The van der Waals surface area contributed by atoms with E-state index in [4.69, 9.17) is 4.74 Å². The van der Waals surface area contributed by atoms with Crippen molar-refractivity contribution in [3.63, 3.8) is 0 Å². The molecule has 1 aromatic carbocycles. The number of aryl methyl sites for hydroxylation is 1. The maximum atomic E-state index is 13.0. The standard InChI is InChI=1S/C14H22FNO/c1-10(2)12(4)16-7-8-17-13-5-6-14(15)11(3)9-13/h5-6,9-10,12,16H,7-8H2,1-4H3. The lowest BCUT2D eigenvalue weighted by molar-refractivity contribution is 0.296. The molecule has 0 bridgehead atoms. The minimum Gasteiger partial charge on any atom is -0.492 e. The third-order valence-electron chi connectivity index (χ3n) is 2.97. The predicted molar refractivity (Wildman–Crippen MR) is 68.9 cm³/mol. The highest BCUT2D eigenvalue weighted by atomic mass is 19.1. The highest BCUT2D eigenvalue weighted by Gasteiger charge is 2.05. The van der Waals surface area contributed by atoms with Gasteiger partial charge in [0.25, 0.3) is 0 Å². The third-order valence-corrected chi connectivity index (χ3v) is 2.97. The minimum atomic E-state index is -0.191. The quantitative estimate of drug-likeness (QED) is 0.770. The van der Waals surface area contributed by atoms with Gasteiger partial charge in [-0.25, -0.2) is 4.39 Å². The van der Waals surface area contributed by atoms with Gasteiger partial charge in [-0.15, -0.1) is 0 Å². The molecule has 1 aromatic rings. The normalized spacial score (nSPS) is 12.8. The predicted octanol–water partition coefficient (Wildman–Crippen LogP) is 3.15. The Hall–Kier alpha value is -1.09. The molecule has 0 radical (unpaired) electrons. The first kappa shape index (κ1) is 14.0. The third kappa shape index (κ3) is 4.73. The molecule has 2 nitrogen and oxygen atoms in total. The zero-order chi connectivity index (χ0) is 12.8. The molecule has 0 heterocycles. The molecule has 96 valence electrons. The first-order chi connectivity index (χ1) is 8.00. The lowest BCUT2D eigenvalue weighted by atomic mass is 10.1. The zero-order valence-corrected chi connectivity index (χ0v) is 11.1. The molecule has 17 heavy (non-hydrogen) atoms. The van der Waals surface area contributed by atoms with Crippen molar-refractivity contribution in [2.24, 2.45) is 5.92 Å². The molecule has 0 saturated carbocycles. The van der Waals surface area contributed by atoms with Crippen molar-refractivity contribution in [2.75, 3.05) is 13.2 Å². The van der Waals surface area contributed by atoms with Crippen LogP contribution in [0.4, 0.5) is 4.39 Å². The molecule has 0 aliphatic carbocycles. The molecule has 1 atom stereocenters. The fraction of sp³-hybridized carbons (Fsp3) is 0.571. The van der Waals surface area contributed by atoms with E-state index in [0.29, 0.717) is 24.1 Å². The lowest BCUT2D eigenvalue weighted by Crippen LogP contribution is -2.33. The Labute approximate surface area is 103 Å². The van der Waals surface area contributed by atoms with E-state index in [1.165, 1.54) is 6.07 Å². The van der Waals surface area contributed by atoms with Gasteiger partial charge in [-0.3, -0.25) is 0 Å². The first-order valence-corrected chi connectivity index (χ1v) is 6.13. The summed E-state index contributed by atoms with van der Waals surface area (Å²) >= 11 is 0. The maximum absolute atomic E-state index is 13.0. The van der Waals surface area contributed by atoms with Crippen molar-refractivity contribution in [3.05, 3.63) is 29.6 Å². The molecule has 3 heteroatoms. The second-order valence-electron chi connectivity index (χ2n) is 4.75. The molecule has 0 aromatic heterocycles. The van der Waals surface area contributed by atoms with Crippen molar-refractivity contribution in [1.29, 1.82) is 0 Å². The second-order valence-corrected chi connectivity index (χ2v) is 4.75. The van der Waals surface area contributed by atoms with Gasteiger partial charge in [0.15, 0.2) is 0 Å². The summed E-state index contributed by atoms with van der Waals surface area (Å²) in [7, 11) is 0. The number of ether oxygens (including phenoxy) is 1. The highest BCUT2D eigenvalue weighted by Crippen LogP contribution is 2.15. The number of halogens is 1. The summed E-state index contributed by atoms with van der Waals surface area (Å²) in [6.45, 7) is 9.66. The van der Waals surface area contributed by atoms with Crippen LogP contribution in [0, 0.1) is 18.7 Å². The van der Waals surface area contributed by atoms with E-state index in [9.17, 15) is 4.39 Å². The van der Waals surface area contributed by atoms with E-state index in [1.807, 2.05) is 0 Å². The monoisotopic (exact) mass is 239 g/mol. The molecule has 0 saturated heterocycles. The van der Waals surface area contributed by atoms with Gasteiger partial charge in [-0.05, 0) is 43.5 Å². The topological polar surface area (TPSA) is 21.3 Å². The lowest BCUT2D eigenvalue weighted by Gasteiger charge is -2.17. The Kier molecular flexibility index (Phi) is 5.42. The Morgan fingerprint density at radius 1 is 1.29 bits per heavy atom. The van der Waals surface area contributed by atoms with Crippen LogP contribution in [0.2, 0.25) is 0 Å². The van der Waals surface area contributed by atoms with Crippen LogP contribution in [-0.2, 0) is 0 Å². The Morgan fingerprint density at radius 2 is 2.00 bits per heavy atom. The molecule has 0 fully saturated rings. The molecule has 1 N–H and O–H groups in total. The fourth-order valence-electron chi connectivity index (χ4n) is 1.40. The van der Waals surface area contributed by atoms with E-state index in [1.54, 1.807) is 19.1 Å². The van der Waals surface area contributed by atoms with Crippen LogP contribution in [0.25, 0.3) is 0 Å². The van der Waals surface area contributed by atoms with Crippen LogP contribution in [-0.4, -0.2) is 19.2 Å². The van der Waals surface area contributed by atoms with Gasteiger partial charge in [-0.2, -0.15) is 0 Å². The molecule has 0 aliphatic rings. The average molecular weight is 239 g/mol. The second kappa shape index (κ2) is 6.60. The molecule has 0 amide bonds. The van der Waals surface area contributed by atoms with Crippen molar-refractivity contribution >= 4 is 0 Å². The number of benzene rings is 1. The first-order valence-electron chi connectivity index (χ1n) is 6.13. The number of rotatable bonds is 6. The Balaban J connectivity index is 2.29. The summed E-state index contributed by atoms with van der Waals surface area (Å²) in [5, 5.41) is 3.38. The number of hydrogen-bond donors (Lipinski definition) is 1. The summed E-state index contributed by atoms with van der Waals surface area (Å²) in [5.74, 6) is 1.15. The van der Waals surface area contributed by atoms with Crippen LogP contribution >= 0.6 is 0 Å². The number of hydrogen-bond acceptors (Lipinski definition) is 2. The summed E-state index contributed by atoms with van der Waals surface area (Å²) in [6, 6.07) is 5.30. The van der Waals surface area contributed by atoms with Gasteiger partial charge in [0, 0.05) is 12.6 Å². The van der Waals surface area contributed by atoms with E-state index < -0.39 is 0 Å². The zero-order valence-electron chi connectivity index (χ0n) is 11.1. The van der Waals surface area contributed by atoms with E-state index >= 15 is 0 Å². The molecule has 1 unspecified atom stereocenters. The van der Waals surface area contributed by atoms with Crippen LogP contribution in [0.1, 0.15) is 26.3 Å². The smallest absolute Gasteiger partial charge is 0.126 e. The van der Waals surface area contributed by atoms with E-state index in [0.717, 1.165) is 12.3 Å². The Morgan fingerprint density at radius 3 is 2.59 bits per heavy atom. The van der Waals surface area contributed by atoms with Crippen LogP contribution in [0.5, 0.6) is 5.75 Å². The summed E-state index contributed by atoms with van der Waals surface area (Å²) in [5.41, 5.74) is 0.617. The van der Waals surface area contributed by atoms with Crippen molar-refractivity contribution < 1.29 is 9.13 Å². The molecule has 0 aliphatic heterocycles. The van der Waals surface area contributed by atoms with E-state index in [2.05, 4.69) is 26.1 Å². The number of nitrogens with one attached hydrogen (secondary N) is 1. The van der Waals surface area contributed by atoms with Crippen LogP contribution in [0.3, 0.4) is 0 Å². The van der Waals surface area contributed by atoms with Gasteiger partial charge in [-0.1, -0.05) is 13.8 Å². The summed E-state index contributed by atoms with van der Waals surface area (Å²) in [6.07, 6.45) is 0. The highest BCUT2D eigenvalue weighted by molar-refractivity contribution is 5.28. The molecular weight excluding hydrogens is 217 g/mol. The van der Waals surface area contributed by atoms with Gasteiger partial charge in [0.2, 0.25) is 0 Å². The Bertz CT molecular complexity index is 352. The SMILES string of the molecule is Cc1cc(OCCNC(C)C(C)C)ccc1F. The van der Waals surface area contributed by atoms with Crippen molar-refractivity contribution in [1.82, 2.24) is 5.32 Å². The van der Waals surface area contributed by atoms with E-state index in [-0.39, 0.29) is 5.82 Å². The molecular formula is C14H22FNO. The average Bonchev–Trinajstić information content (AvgIpc) is 2.28. The van der Waals surface area contributed by atoms with Crippen LogP contribution in [0.15, 0.2) is 18.2 Å². The van der Waals surface area contributed by atoms with Crippen molar-refractivity contribution in [3.8, 4) is 5.75 Å². The fourth-order valence-corrected chi connectivity index (χ4v) is 1.40. The summed E-state index contributed by atoms with van der Waals surface area (Å²) in [4.78, 5) is 0. The van der Waals surface area contributed by atoms with Gasteiger partial charge in [0.05, 0.1) is 0 Å². The molecule has 1 rings (SSSR count). The maximum Gasteiger partial charge on any atom is 0.126 e. The minimum absolute atomic E-state index is 0.191. The van der Waals surface area contributed by atoms with Crippen molar-refractivity contribution in [2.45, 2.75) is 33.7 Å². The summed E-state index contributed by atoms with van der Waals surface area (Å²) < 4.78 is 18.6. The largest absolute Gasteiger partial charge is 0.492 e. The van der Waals surface area contributed by atoms with Gasteiger partial charge in [0.1, 0.15) is 18.2 Å². The van der Waals surface area contributed by atoms with Gasteiger partial charge >= 0.3 is 0 Å².